The van der Waals surface area contributed by atoms with Crippen LogP contribution in [0.3, 0.4) is 0 Å². The van der Waals surface area contributed by atoms with Crippen molar-refractivity contribution in [2.24, 2.45) is 5.92 Å². The van der Waals surface area contributed by atoms with Gasteiger partial charge in [0.25, 0.3) is 0 Å². The van der Waals surface area contributed by atoms with Crippen LogP contribution in [-0.4, -0.2) is 21.8 Å². The van der Waals surface area contributed by atoms with Crippen LogP contribution in [0.2, 0.25) is 11.1 Å². The molecular weight excluding hydrogens is 228 g/mol. The van der Waals surface area contributed by atoms with Crippen molar-refractivity contribution < 1.29 is 8.85 Å². The van der Waals surface area contributed by atoms with Crippen LogP contribution < -0.4 is 0 Å². The van der Waals surface area contributed by atoms with E-state index >= 15 is 0 Å². The first-order valence-electron chi connectivity index (χ1n) is 7.34. The lowest BCUT2D eigenvalue weighted by Gasteiger charge is -2.42. The molecule has 1 aliphatic carbocycles. The summed E-state index contributed by atoms with van der Waals surface area (Å²) in [5.74, 6) is 0.897. The van der Waals surface area contributed by atoms with Gasteiger partial charge in [-0.15, -0.1) is 0 Å². The zero-order chi connectivity index (χ0) is 12.9. The SMILES string of the molecule is CCO[Si](OCC)(C(C)C)C1CCC(C)CC1. The third-order valence-corrected chi connectivity index (χ3v) is 8.93. The predicted octanol–water partition coefficient (Wildman–Crippen LogP) is 4.49. The summed E-state index contributed by atoms with van der Waals surface area (Å²) in [6.45, 7) is 12.8. The molecule has 1 rings (SSSR count). The van der Waals surface area contributed by atoms with Crippen LogP contribution in [0.5, 0.6) is 0 Å². The zero-order valence-electron chi connectivity index (χ0n) is 12.3. The minimum Gasteiger partial charge on any atom is -0.394 e. The summed E-state index contributed by atoms with van der Waals surface area (Å²) >= 11 is 0. The molecule has 1 aliphatic rings. The highest BCUT2D eigenvalue weighted by atomic mass is 28.4. The van der Waals surface area contributed by atoms with E-state index in [1.165, 1.54) is 25.7 Å². The Labute approximate surface area is 108 Å². The third kappa shape index (κ3) is 3.55. The first-order chi connectivity index (χ1) is 8.06. The predicted molar refractivity (Wildman–Crippen MR) is 75.5 cm³/mol. The summed E-state index contributed by atoms with van der Waals surface area (Å²) in [5.41, 5.74) is 1.26. The van der Waals surface area contributed by atoms with E-state index in [0.717, 1.165) is 19.1 Å². The van der Waals surface area contributed by atoms with Crippen molar-refractivity contribution in [1.29, 1.82) is 0 Å². The Balaban J connectivity index is 2.79. The van der Waals surface area contributed by atoms with Crippen molar-refractivity contribution in [2.75, 3.05) is 13.2 Å². The molecule has 0 saturated heterocycles. The first-order valence-corrected chi connectivity index (χ1v) is 9.31. The van der Waals surface area contributed by atoms with E-state index in [4.69, 9.17) is 8.85 Å². The molecule has 3 heteroatoms. The van der Waals surface area contributed by atoms with Crippen LogP contribution >= 0.6 is 0 Å². The Morgan fingerprint density at radius 2 is 1.47 bits per heavy atom. The van der Waals surface area contributed by atoms with E-state index < -0.39 is 8.56 Å². The molecule has 0 amide bonds. The van der Waals surface area contributed by atoms with Crippen molar-refractivity contribution in [3.8, 4) is 0 Å². The summed E-state index contributed by atoms with van der Waals surface area (Å²) in [5, 5.41) is 0. The number of hydrogen-bond donors (Lipinski definition) is 0. The van der Waals surface area contributed by atoms with Gasteiger partial charge in [-0.3, -0.25) is 0 Å². The molecule has 1 fully saturated rings. The maximum atomic E-state index is 6.22. The molecule has 0 N–H and O–H groups in total. The van der Waals surface area contributed by atoms with Crippen molar-refractivity contribution in [1.82, 2.24) is 0 Å². The lowest BCUT2D eigenvalue weighted by Crippen LogP contribution is -2.50. The van der Waals surface area contributed by atoms with Crippen molar-refractivity contribution in [3.05, 3.63) is 0 Å². The molecule has 102 valence electrons. The van der Waals surface area contributed by atoms with E-state index in [1.54, 1.807) is 0 Å². The average molecular weight is 258 g/mol. The smallest absolute Gasteiger partial charge is 0.343 e. The van der Waals surface area contributed by atoms with Gasteiger partial charge in [-0.2, -0.15) is 0 Å². The molecule has 0 radical (unpaired) electrons. The van der Waals surface area contributed by atoms with E-state index in [9.17, 15) is 0 Å². The van der Waals surface area contributed by atoms with Gasteiger partial charge >= 0.3 is 8.56 Å². The molecule has 0 unspecified atom stereocenters. The molecule has 0 aromatic heterocycles. The summed E-state index contributed by atoms with van der Waals surface area (Å²) in [7, 11) is -2.00. The maximum Gasteiger partial charge on any atom is 0.343 e. The summed E-state index contributed by atoms with van der Waals surface area (Å²) < 4.78 is 12.4. The molecule has 2 nitrogen and oxygen atoms in total. The number of rotatable bonds is 6. The molecule has 0 aromatic carbocycles. The Morgan fingerprint density at radius 3 is 1.82 bits per heavy atom. The summed E-state index contributed by atoms with van der Waals surface area (Å²) in [6.07, 6.45) is 5.33. The molecule has 0 aliphatic heterocycles. The highest BCUT2D eigenvalue weighted by molar-refractivity contribution is 6.70. The Morgan fingerprint density at radius 1 is 1.00 bits per heavy atom. The Bertz CT molecular complexity index is 204. The molecule has 0 aromatic rings. The van der Waals surface area contributed by atoms with Crippen LogP contribution in [0.4, 0.5) is 0 Å². The fraction of sp³-hybridized carbons (Fsp3) is 1.00. The molecule has 1 saturated carbocycles. The second-order valence-corrected chi connectivity index (χ2v) is 9.69. The highest BCUT2D eigenvalue weighted by Gasteiger charge is 2.49. The van der Waals surface area contributed by atoms with Crippen LogP contribution in [0.1, 0.15) is 60.3 Å². The fourth-order valence-corrected chi connectivity index (χ4v) is 7.40. The molecular formula is C14H30O2Si. The molecule has 0 atom stereocenters. The van der Waals surface area contributed by atoms with E-state index in [2.05, 4.69) is 34.6 Å². The Kier molecular flexibility index (Phi) is 6.17. The van der Waals surface area contributed by atoms with Gasteiger partial charge in [0.2, 0.25) is 0 Å². The highest BCUT2D eigenvalue weighted by Crippen LogP contribution is 2.45. The van der Waals surface area contributed by atoms with Gasteiger partial charge < -0.3 is 8.85 Å². The molecule has 0 heterocycles. The fourth-order valence-electron chi connectivity index (χ4n) is 3.20. The van der Waals surface area contributed by atoms with E-state index in [1.807, 2.05) is 0 Å². The van der Waals surface area contributed by atoms with Gasteiger partial charge in [0.1, 0.15) is 0 Å². The number of hydrogen-bond acceptors (Lipinski definition) is 2. The lowest BCUT2D eigenvalue weighted by molar-refractivity contribution is 0.153. The van der Waals surface area contributed by atoms with Gasteiger partial charge in [-0.05, 0) is 38.1 Å². The second kappa shape index (κ2) is 6.91. The summed E-state index contributed by atoms with van der Waals surface area (Å²) in [4.78, 5) is 0. The summed E-state index contributed by atoms with van der Waals surface area (Å²) in [6, 6.07) is 0. The van der Waals surface area contributed by atoms with Gasteiger partial charge in [0, 0.05) is 18.8 Å². The Hall–Kier alpha value is 0.137. The average Bonchev–Trinajstić information content (AvgIpc) is 2.29. The minimum atomic E-state index is -2.00. The quantitative estimate of drug-likeness (QED) is 0.653. The molecule has 0 spiro atoms. The van der Waals surface area contributed by atoms with E-state index in [-0.39, 0.29) is 0 Å². The lowest BCUT2D eigenvalue weighted by atomic mass is 9.90. The minimum absolute atomic E-state index is 0.556. The van der Waals surface area contributed by atoms with Crippen LogP contribution in [0.15, 0.2) is 0 Å². The van der Waals surface area contributed by atoms with Crippen molar-refractivity contribution >= 4 is 8.56 Å². The van der Waals surface area contributed by atoms with E-state index in [0.29, 0.717) is 11.1 Å². The maximum absolute atomic E-state index is 6.22. The third-order valence-electron chi connectivity index (χ3n) is 4.13. The van der Waals surface area contributed by atoms with Gasteiger partial charge in [-0.25, -0.2) is 0 Å². The second-order valence-electron chi connectivity index (χ2n) is 5.70. The van der Waals surface area contributed by atoms with Gasteiger partial charge in [0.15, 0.2) is 0 Å². The largest absolute Gasteiger partial charge is 0.394 e. The zero-order valence-corrected chi connectivity index (χ0v) is 13.3. The van der Waals surface area contributed by atoms with Gasteiger partial charge in [0.05, 0.1) is 0 Å². The normalized spacial score (nSPS) is 26.5. The monoisotopic (exact) mass is 258 g/mol. The topological polar surface area (TPSA) is 18.5 Å². The van der Waals surface area contributed by atoms with Crippen LogP contribution in [0.25, 0.3) is 0 Å². The van der Waals surface area contributed by atoms with Crippen molar-refractivity contribution in [2.45, 2.75) is 71.4 Å². The van der Waals surface area contributed by atoms with Crippen molar-refractivity contribution in [3.63, 3.8) is 0 Å². The van der Waals surface area contributed by atoms with Crippen LogP contribution in [-0.2, 0) is 8.85 Å². The first kappa shape index (κ1) is 15.2. The molecule has 17 heavy (non-hydrogen) atoms. The van der Waals surface area contributed by atoms with Gasteiger partial charge in [-0.1, -0.05) is 33.6 Å². The van der Waals surface area contributed by atoms with Crippen LogP contribution in [0, 0.1) is 5.92 Å². The standard InChI is InChI=1S/C14H30O2Si/c1-6-15-17(12(3)4,16-7-2)14-10-8-13(5)9-11-14/h12-14H,6-11H2,1-5H3. The molecule has 0 bridgehead atoms.